The number of rotatable bonds is 3. The van der Waals surface area contributed by atoms with Crippen LogP contribution in [0, 0.1) is 6.92 Å². The fourth-order valence-electron chi connectivity index (χ4n) is 2.38. The molecule has 0 fully saturated rings. The molecule has 2 aromatic carbocycles. The predicted molar refractivity (Wildman–Crippen MR) is 85.8 cm³/mol. The molecular weight excluding hydrogens is 282 g/mol. The van der Waals surface area contributed by atoms with Crippen molar-refractivity contribution in [2.24, 2.45) is 0 Å². The monoisotopic (exact) mass is 297 g/mol. The number of benzene rings is 2. The molecule has 1 aromatic heterocycles. The summed E-state index contributed by atoms with van der Waals surface area (Å²) < 4.78 is 26.8. The molecule has 106 valence electrons. The standard InChI is InChI=1S/C17H15NO2S/c1-3-14-5-4-6-17-16(14)11-12-18(17)21(19,20)15-9-7-13(2)8-10-15/h3-12H,1H2,2H3. The summed E-state index contributed by atoms with van der Waals surface area (Å²) in [6, 6.07) is 14.2. The quantitative estimate of drug-likeness (QED) is 0.737. The molecule has 0 amide bonds. The highest BCUT2D eigenvalue weighted by Crippen LogP contribution is 2.25. The average molecular weight is 297 g/mol. The maximum absolute atomic E-state index is 12.8. The highest BCUT2D eigenvalue weighted by Gasteiger charge is 2.18. The van der Waals surface area contributed by atoms with Gasteiger partial charge in [0.15, 0.2) is 0 Å². The minimum absolute atomic E-state index is 0.287. The van der Waals surface area contributed by atoms with E-state index in [-0.39, 0.29) is 4.90 Å². The van der Waals surface area contributed by atoms with E-state index in [4.69, 9.17) is 0 Å². The van der Waals surface area contributed by atoms with Crippen molar-refractivity contribution in [1.82, 2.24) is 3.97 Å². The van der Waals surface area contributed by atoms with Crippen LogP contribution in [0.15, 0.2) is 66.2 Å². The Balaban J connectivity index is 2.24. The van der Waals surface area contributed by atoms with Gasteiger partial charge in [-0.05, 0) is 36.8 Å². The van der Waals surface area contributed by atoms with Gasteiger partial charge in [0.05, 0.1) is 10.4 Å². The summed E-state index contributed by atoms with van der Waals surface area (Å²) in [4.78, 5) is 0.287. The zero-order valence-corrected chi connectivity index (χ0v) is 12.5. The molecule has 3 aromatic rings. The van der Waals surface area contributed by atoms with E-state index in [1.54, 1.807) is 48.7 Å². The van der Waals surface area contributed by atoms with Gasteiger partial charge in [-0.1, -0.05) is 42.5 Å². The minimum atomic E-state index is -3.58. The zero-order chi connectivity index (χ0) is 15.0. The first kappa shape index (κ1) is 13.6. The Hall–Kier alpha value is -2.33. The summed E-state index contributed by atoms with van der Waals surface area (Å²) in [6.07, 6.45) is 3.32. The maximum atomic E-state index is 12.8. The molecule has 0 saturated heterocycles. The van der Waals surface area contributed by atoms with Crippen molar-refractivity contribution in [3.63, 3.8) is 0 Å². The summed E-state index contributed by atoms with van der Waals surface area (Å²) in [6.45, 7) is 5.69. The van der Waals surface area contributed by atoms with E-state index < -0.39 is 10.0 Å². The number of aromatic nitrogens is 1. The lowest BCUT2D eigenvalue weighted by atomic mass is 10.1. The van der Waals surface area contributed by atoms with E-state index in [2.05, 4.69) is 6.58 Å². The summed E-state index contributed by atoms with van der Waals surface area (Å²) in [5.41, 5.74) is 2.61. The van der Waals surface area contributed by atoms with E-state index >= 15 is 0 Å². The average Bonchev–Trinajstić information content (AvgIpc) is 2.92. The number of nitrogens with zero attached hydrogens (tertiary/aromatic N) is 1. The molecule has 0 unspecified atom stereocenters. The van der Waals surface area contributed by atoms with Crippen LogP contribution in [0.2, 0.25) is 0 Å². The van der Waals surface area contributed by atoms with Crippen LogP contribution in [0.4, 0.5) is 0 Å². The topological polar surface area (TPSA) is 39.1 Å². The first-order chi connectivity index (χ1) is 10.0. The Kier molecular flexibility index (Phi) is 3.18. The van der Waals surface area contributed by atoms with Crippen LogP contribution in [0.25, 0.3) is 17.0 Å². The number of aryl methyl sites for hydroxylation is 1. The fourth-order valence-corrected chi connectivity index (χ4v) is 3.72. The Bertz CT molecular complexity index is 919. The second-order valence-electron chi connectivity index (χ2n) is 4.91. The van der Waals surface area contributed by atoms with Gasteiger partial charge in [0, 0.05) is 11.6 Å². The Labute approximate surface area is 124 Å². The molecule has 3 nitrogen and oxygen atoms in total. The van der Waals surface area contributed by atoms with Crippen LogP contribution in [0.5, 0.6) is 0 Å². The van der Waals surface area contributed by atoms with E-state index in [9.17, 15) is 8.42 Å². The van der Waals surface area contributed by atoms with Crippen molar-refractivity contribution in [2.45, 2.75) is 11.8 Å². The fraction of sp³-hybridized carbons (Fsp3) is 0.0588. The van der Waals surface area contributed by atoms with E-state index in [1.165, 1.54) is 3.97 Å². The van der Waals surface area contributed by atoms with Gasteiger partial charge in [-0.3, -0.25) is 0 Å². The van der Waals surface area contributed by atoms with Crippen molar-refractivity contribution in [3.8, 4) is 0 Å². The molecule has 0 aliphatic rings. The molecule has 0 saturated carbocycles. The third-order valence-electron chi connectivity index (χ3n) is 3.53. The van der Waals surface area contributed by atoms with Gasteiger partial charge < -0.3 is 0 Å². The smallest absolute Gasteiger partial charge is 0.241 e. The molecule has 0 spiro atoms. The molecule has 0 N–H and O–H groups in total. The predicted octanol–water partition coefficient (Wildman–Crippen LogP) is 3.83. The molecule has 21 heavy (non-hydrogen) atoms. The van der Waals surface area contributed by atoms with Crippen LogP contribution in [0.3, 0.4) is 0 Å². The van der Waals surface area contributed by atoms with Gasteiger partial charge in [-0.15, -0.1) is 0 Å². The van der Waals surface area contributed by atoms with Gasteiger partial charge >= 0.3 is 0 Å². The molecule has 0 atom stereocenters. The summed E-state index contributed by atoms with van der Waals surface area (Å²) in [5.74, 6) is 0. The molecule has 0 radical (unpaired) electrons. The third kappa shape index (κ3) is 2.17. The molecule has 4 heteroatoms. The van der Waals surface area contributed by atoms with Crippen molar-refractivity contribution in [3.05, 3.63) is 72.4 Å². The normalized spacial score (nSPS) is 11.7. The van der Waals surface area contributed by atoms with Gasteiger partial charge in [-0.2, -0.15) is 0 Å². The first-order valence-corrected chi connectivity index (χ1v) is 8.03. The van der Waals surface area contributed by atoms with Crippen molar-refractivity contribution >= 4 is 27.0 Å². The van der Waals surface area contributed by atoms with Gasteiger partial charge in [0.1, 0.15) is 0 Å². The minimum Gasteiger partial charge on any atom is -0.241 e. The highest BCUT2D eigenvalue weighted by atomic mass is 32.2. The molecule has 0 bridgehead atoms. The summed E-state index contributed by atoms with van der Waals surface area (Å²) in [7, 11) is -3.58. The highest BCUT2D eigenvalue weighted by molar-refractivity contribution is 7.90. The van der Waals surface area contributed by atoms with Gasteiger partial charge in [0.25, 0.3) is 10.0 Å². The maximum Gasteiger partial charge on any atom is 0.268 e. The molecule has 0 aliphatic carbocycles. The van der Waals surface area contributed by atoms with Crippen molar-refractivity contribution in [1.29, 1.82) is 0 Å². The van der Waals surface area contributed by atoms with Crippen LogP contribution in [-0.4, -0.2) is 12.4 Å². The molecule has 1 heterocycles. The lowest BCUT2D eigenvalue weighted by Crippen LogP contribution is -2.11. The lowest BCUT2D eigenvalue weighted by Gasteiger charge is -2.08. The van der Waals surface area contributed by atoms with Crippen LogP contribution >= 0.6 is 0 Å². The number of hydrogen-bond acceptors (Lipinski definition) is 2. The second kappa shape index (κ2) is 4.90. The number of fused-ring (bicyclic) bond motifs is 1. The second-order valence-corrected chi connectivity index (χ2v) is 6.73. The van der Waals surface area contributed by atoms with Crippen molar-refractivity contribution in [2.75, 3.05) is 0 Å². The first-order valence-electron chi connectivity index (χ1n) is 6.59. The number of hydrogen-bond donors (Lipinski definition) is 0. The Morgan fingerprint density at radius 3 is 2.43 bits per heavy atom. The van der Waals surface area contributed by atoms with Gasteiger partial charge in [0.2, 0.25) is 0 Å². The Morgan fingerprint density at radius 1 is 1.05 bits per heavy atom. The SMILES string of the molecule is C=Cc1cccc2c1ccn2S(=O)(=O)c1ccc(C)cc1. The summed E-state index contributed by atoms with van der Waals surface area (Å²) >= 11 is 0. The zero-order valence-electron chi connectivity index (χ0n) is 11.7. The van der Waals surface area contributed by atoms with Crippen LogP contribution in [-0.2, 0) is 10.0 Å². The largest absolute Gasteiger partial charge is 0.268 e. The molecule has 0 aliphatic heterocycles. The molecular formula is C17H15NO2S. The van der Waals surface area contributed by atoms with E-state index in [1.807, 2.05) is 19.1 Å². The lowest BCUT2D eigenvalue weighted by molar-refractivity contribution is 0.589. The van der Waals surface area contributed by atoms with E-state index in [0.29, 0.717) is 5.52 Å². The van der Waals surface area contributed by atoms with Crippen LogP contribution in [0.1, 0.15) is 11.1 Å². The van der Waals surface area contributed by atoms with E-state index in [0.717, 1.165) is 16.5 Å². The Morgan fingerprint density at radius 2 is 1.76 bits per heavy atom. The molecule has 3 rings (SSSR count). The third-order valence-corrected chi connectivity index (χ3v) is 5.23. The van der Waals surface area contributed by atoms with Crippen molar-refractivity contribution < 1.29 is 8.42 Å². The van der Waals surface area contributed by atoms with Gasteiger partial charge in [-0.25, -0.2) is 12.4 Å². The van der Waals surface area contributed by atoms with Crippen LogP contribution < -0.4 is 0 Å². The summed E-state index contributed by atoms with van der Waals surface area (Å²) in [5, 5.41) is 0.878.